The van der Waals surface area contributed by atoms with Gasteiger partial charge in [-0.15, -0.1) is 0 Å². The fourth-order valence-electron chi connectivity index (χ4n) is 2.84. The van der Waals surface area contributed by atoms with Crippen LogP contribution in [0.4, 0.5) is 0 Å². The number of hydrogen-bond acceptors (Lipinski definition) is 3. The van der Waals surface area contributed by atoms with E-state index in [-0.39, 0.29) is 24.4 Å². The Hall–Kier alpha value is -1.55. The summed E-state index contributed by atoms with van der Waals surface area (Å²) < 4.78 is 5.80. The maximum atomic E-state index is 12.1. The third-order valence-electron chi connectivity index (χ3n) is 4.21. The number of carbonyl (C=O) groups excluding carboxylic acids is 1. The van der Waals surface area contributed by atoms with Crippen LogP contribution in [-0.4, -0.2) is 35.7 Å². The Balaban J connectivity index is 1.79. The first-order chi connectivity index (χ1) is 10.1. The molecule has 0 spiro atoms. The number of nitrogens with zero attached hydrogens (tertiary/aromatic N) is 1. The number of phenols is 1. The van der Waals surface area contributed by atoms with Crippen molar-refractivity contribution >= 4 is 5.91 Å². The van der Waals surface area contributed by atoms with Crippen LogP contribution < -0.4 is 0 Å². The third-order valence-corrected chi connectivity index (χ3v) is 4.21. The van der Waals surface area contributed by atoms with Gasteiger partial charge in [0.1, 0.15) is 12.4 Å². The van der Waals surface area contributed by atoms with Crippen molar-refractivity contribution in [3.8, 4) is 5.75 Å². The Labute approximate surface area is 126 Å². The average Bonchev–Trinajstić information content (AvgIpc) is 2.46. The Morgan fingerprint density at radius 3 is 2.86 bits per heavy atom. The lowest BCUT2D eigenvalue weighted by Crippen LogP contribution is -2.34. The van der Waals surface area contributed by atoms with Crippen LogP contribution >= 0.6 is 0 Å². The monoisotopic (exact) mass is 291 g/mol. The number of hydrogen-bond donors (Lipinski definition) is 1. The van der Waals surface area contributed by atoms with Gasteiger partial charge in [-0.1, -0.05) is 31.9 Å². The zero-order valence-electron chi connectivity index (χ0n) is 12.9. The molecule has 1 fully saturated rings. The molecular formula is C17H25NO3. The number of aromatic hydroxyl groups is 1. The molecule has 116 valence electrons. The minimum Gasteiger partial charge on any atom is -0.508 e. The number of ether oxygens (including phenoxy) is 1. The van der Waals surface area contributed by atoms with Gasteiger partial charge in [0.05, 0.1) is 6.10 Å². The van der Waals surface area contributed by atoms with Crippen molar-refractivity contribution in [3.05, 3.63) is 29.8 Å². The smallest absolute Gasteiger partial charge is 0.248 e. The maximum Gasteiger partial charge on any atom is 0.248 e. The van der Waals surface area contributed by atoms with E-state index < -0.39 is 0 Å². The van der Waals surface area contributed by atoms with Gasteiger partial charge in [-0.05, 0) is 36.5 Å². The van der Waals surface area contributed by atoms with Crippen LogP contribution in [0, 0.1) is 5.92 Å². The second kappa shape index (κ2) is 7.46. The van der Waals surface area contributed by atoms with Gasteiger partial charge in [0.2, 0.25) is 5.91 Å². The molecule has 1 aliphatic carbocycles. The van der Waals surface area contributed by atoms with Gasteiger partial charge in [0, 0.05) is 13.6 Å². The molecule has 21 heavy (non-hydrogen) atoms. The lowest BCUT2D eigenvalue weighted by atomic mass is 9.88. The highest BCUT2D eigenvalue weighted by atomic mass is 16.5. The largest absolute Gasteiger partial charge is 0.508 e. The molecule has 0 heterocycles. The molecule has 0 aromatic heterocycles. The summed E-state index contributed by atoms with van der Waals surface area (Å²) in [5, 5.41) is 9.44. The zero-order valence-corrected chi connectivity index (χ0v) is 12.9. The fraction of sp³-hybridized carbons (Fsp3) is 0.588. The number of likely N-dealkylation sites (N-methyl/N-ethyl adjacent to an activating group) is 1. The summed E-state index contributed by atoms with van der Waals surface area (Å²) in [6.45, 7) is 2.83. The van der Waals surface area contributed by atoms with Crippen LogP contribution in [0.25, 0.3) is 0 Å². The molecule has 1 saturated carbocycles. The van der Waals surface area contributed by atoms with Crippen LogP contribution in [0.5, 0.6) is 5.75 Å². The summed E-state index contributed by atoms with van der Waals surface area (Å²) in [5.41, 5.74) is 0.914. The standard InChI is InChI=1S/C17H25NO3/c1-13-6-3-4-9-16(13)21-12-17(20)18(2)11-14-7-5-8-15(19)10-14/h5,7-8,10,13,16,19H,3-4,6,9,11-12H2,1-2H3/t13-,16-/m1/s1. The number of amides is 1. The van der Waals surface area contributed by atoms with Crippen molar-refractivity contribution < 1.29 is 14.6 Å². The van der Waals surface area contributed by atoms with Gasteiger partial charge in [-0.3, -0.25) is 4.79 Å². The maximum absolute atomic E-state index is 12.1. The minimum absolute atomic E-state index is 0.0175. The van der Waals surface area contributed by atoms with Crippen LogP contribution in [0.3, 0.4) is 0 Å². The highest BCUT2D eigenvalue weighted by molar-refractivity contribution is 5.77. The van der Waals surface area contributed by atoms with Gasteiger partial charge >= 0.3 is 0 Å². The van der Waals surface area contributed by atoms with E-state index in [0.29, 0.717) is 12.5 Å². The average molecular weight is 291 g/mol. The molecule has 1 amide bonds. The lowest BCUT2D eigenvalue weighted by Gasteiger charge is -2.29. The van der Waals surface area contributed by atoms with Gasteiger partial charge in [-0.25, -0.2) is 0 Å². The van der Waals surface area contributed by atoms with Gasteiger partial charge in [0.15, 0.2) is 0 Å². The summed E-state index contributed by atoms with van der Waals surface area (Å²) in [7, 11) is 1.76. The Bertz CT molecular complexity index is 475. The number of rotatable bonds is 5. The predicted octanol–water partition coefficient (Wildman–Crippen LogP) is 2.95. The van der Waals surface area contributed by atoms with E-state index in [2.05, 4.69) is 6.92 Å². The normalized spacial score (nSPS) is 22.0. The summed E-state index contributed by atoms with van der Waals surface area (Å²) in [6.07, 6.45) is 4.94. The second-order valence-electron chi connectivity index (χ2n) is 6.03. The van der Waals surface area contributed by atoms with Gasteiger partial charge in [0.25, 0.3) is 0 Å². The van der Waals surface area contributed by atoms with Crippen molar-refractivity contribution in [3.63, 3.8) is 0 Å². The molecule has 0 unspecified atom stereocenters. The lowest BCUT2D eigenvalue weighted by molar-refractivity contribution is -0.139. The topological polar surface area (TPSA) is 49.8 Å². The van der Waals surface area contributed by atoms with Crippen LogP contribution in [-0.2, 0) is 16.1 Å². The molecule has 2 rings (SSSR count). The van der Waals surface area contributed by atoms with E-state index in [1.54, 1.807) is 30.1 Å². The number of carbonyl (C=O) groups is 1. The summed E-state index contributed by atoms with van der Waals surface area (Å²) in [4.78, 5) is 13.8. The van der Waals surface area contributed by atoms with Crippen LogP contribution in [0.15, 0.2) is 24.3 Å². The predicted molar refractivity (Wildman–Crippen MR) is 82.0 cm³/mol. The molecule has 4 nitrogen and oxygen atoms in total. The molecule has 0 saturated heterocycles. The Morgan fingerprint density at radius 1 is 1.38 bits per heavy atom. The first-order valence-electron chi connectivity index (χ1n) is 7.69. The first-order valence-corrected chi connectivity index (χ1v) is 7.69. The van der Waals surface area contributed by atoms with E-state index in [1.165, 1.54) is 19.3 Å². The molecular weight excluding hydrogens is 266 g/mol. The Morgan fingerprint density at radius 2 is 2.14 bits per heavy atom. The van der Waals surface area contributed by atoms with E-state index in [1.807, 2.05) is 6.07 Å². The number of benzene rings is 1. The summed E-state index contributed by atoms with van der Waals surface area (Å²) in [6, 6.07) is 6.98. The van der Waals surface area contributed by atoms with Gasteiger partial charge < -0.3 is 14.7 Å². The zero-order chi connectivity index (χ0) is 15.2. The van der Waals surface area contributed by atoms with E-state index in [9.17, 15) is 9.90 Å². The summed E-state index contributed by atoms with van der Waals surface area (Å²) >= 11 is 0. The van der Waals surface area contributed by atoms with Gasteiger partial charge in [-0.2, -0.15) is 0 Å². The molecule has 1 aliphatic rings. The highest BCUT2D eigenvalue weighted by Crippen LogP contribution is 2.26. The molecule has 1 aromatic carbocycles. The van der Waals surface area contributed by atoms with Crippen LogP contribution in [0.1, 0.15) is 38.2 Å². The number of phenolic OH excluding ortho intramolecular Hbond substituents is 1. The first kappa shape index (κ1) is 15.8. The second-order valence-corrected chi connectivity index (χ2v) is 6.03. The van der Waals surface area contributed by atoms with Crippen molar-refractivity contribution in [1.82, 2.24) is 4.90 Å². The quantitative estimate of drug-likeness (QED) is 0.907. The van der Waals surface area contributed by atoms with Crippen molar-refractivity contribution in [2.75, 3.05) is 13.7 Å². The fourth-order valence-corrected chi connectivity index (χ4v) is 2.84. The van der Waals surface area contributed by atoms with Crippen molar-refractivity contribution in [2.24, 2.45) is 5.92 Å². The SMILES string of the molecule is C[C@@H]1CCCC[C@H]1OCC(=O)N(C)Cc1cccc(O)c1. The molecule has 4 heteroatoms. The van der Waals surface area contributed by atoms with E-state index in [4.69, 9.17) is 4.74 Å². The molecule has 2 atom stereocenters. The molecule has 1 N–H and O–H groups in total. The van der Waals surface area contributed by atoms with Crippen molar-refractivity contribution in [1.29, 1.82) is 0 Å². The van der Waals surface area contributed by atoms with Crippen molar-refractivity contribution in [2.45, 2.75) is 45.3 Å². The third kappa shape index (κ3) is 4.74. The summed E-state index contributed by atoms with van der Waals surface area (Å²) in [5.74, 6) is 0.750. The molecule has 0 aliphatic heterocycles. The Kier molecular flexibility index (Phi) is 5.62. The molecule has 1 aromatic rings. The minimum atomic E-state index is -0.0175. The molecule has 0 bridgehead atoms. The van der Waals surface area contributed by atoms with E-state index >= 15 is 0 Å². The van der Waals surface area contributed by atoms with Crippen LogP contribution in [0.2, 0.25) is 0 Å². The van der Waals surface area contributed by atoms with E-state index in [0.717, 1.165) is 12.0 Å². The highest BCUT2D eigenvalue weighted by Gasteiger charge is 2.23. The molecule has 0 radical (unpaired) electrons.